The van der Waals surface area contributed by atoms with Gasteiger partial charge in [0.2, 0.25) is 10.0 Å². The molecular formula is C15H19N3O2S. The van der Waals surface area contributed by atoms with Crippen molar-refractivity contribution in [1.82, 2.24) is 9.71 Å². The number of sulfonamides is 1. The quantitative estimate of drug-likeness (QED) is 0.821. The highest BCUT2D eigenvalue weighted by atomic mass is 32.2. The van der Waals surface area contributed by atoms with Crippen molar-refractivity contribution in [1.29, 1.82) is 0 Å². The molecule has 5 nitrogen and oxygen atoms in total. The molecule has 1 aromatic heterocycles. The molecule has 2 rings (SSSR count). The van der Waals surface area contributed by atoms with E-state index in [-0.39, 0.29) is 4.90 Å². The molecule has 0 radical (unpaired) electrons. The molecule has 1 aromatic carbocycles. The van der Waals surface area contributed by atoms with E-state index in [9.17, 15) is 8.42 Å². The number of aromatic nitrogens is 1. The lowest BCUT2D eigenvalue weighted by Crippen LogP contribution is -2.26. The summed E-state index contributed by atoms with van der Waals surface area (Å²) in [5.74, 6) is 0. The fraction of sp³-hybridized carbons (Fsp3) is 0.267. The van der Waals surface area contributed by atoms with Crippen molar-refractivity contribution in [3.05, 3.63) is 54.4 Å². The van der Waals surface area contributed by atoms with E-state index in [1.165, 1.54) is 0 Å². The minimum Gasteiger partial charge on any atom is -0.385 e. The van der Waals surface area contributed by atoms with E-state index in [2.05, 4.69) is 15.0 Å². The molecule has 0 bridgehead atoms. The monoisotopic (exact) mass is 305 g/mol. The Morgan fingerprint density at radius 1 is 1.05 bits per heavy atom. The van der Waals surface area contributed by atoms with Gasteiger partial charge in [-0.1, -0.05) is 0 Å². The summed E-state index contributed by atoms with van der Waals surface area (Å²) in [6.45, 7) is 3.16. The van der Waals surface area contributed by atoms with Gasteiger partial charge in [-0.2, -0.15) is 0 Å². The third-order valence-corrected chi connectivity index (χ3v) is 4.48. The maximum absolute atomic E-state index is 12.1. The molecule has 0 spiro atoms. The average Bonchev–Trinajstić information content (AvgIpc) is 2.49. The number of benzene rings is 1. The Hall–Kier alpha value is -1.92. The van der Waals surface area contributed by atoms with Gasteiger partial charge < -0.3 is 5.32 Å². The van der Waals surface area contributed by atoms with Crippen molar-refractivity contribution in [3.63, 3.8) is 0 Å². The Morgan fingerprint density at radius 2 is 1.71 bits per heavy atom. The molecule has 0 unspecified atom stereocenters. The summed E-state index contributed by atoms with van der Waals surface area (Å²) >= 11 is 0. The van der Waals surface area contributed by atoms with Gasteiger partial charge in [-0.05, 0) is 55.3 Å². The van der Waals surface area contributed by atoms with Crippen LogP contribution in [-0.2, 0) is 16.4 Å². The molecule has 0 aliphatic heterocycles. The molecule has 2 aromatic rings. The molecule has 0 aliphatic rings. The zero-order valence-electron chi connectivity index (χ0n) is 11.9. The Kier molecular flexibility index (Phi) is 5.30. The summed E-state index contributed by atoms with van der Waals surface area (Å²) in [6.07, 6.45) is 4.03. The van der Waals surface area contributed by atoms with Gasteiger partial charge in [0.15, 0.2) is 0 Å². The first kappa shape index (κ1) is 15.5. The summed E-state index contributed by atoms with van der Waals surface area (Å²) in [5, 5.41) is 3.13. The number of pyridine rings is 1. The number of nitrogens with one attached hydrogen (secondary N) is 2. The van der Waals surface area contributed by atoms with Crippen LogP contribution in [0.4, 0.5) is 5.69 Å². The minimum atomic E-state index is -3.46. The highest BCUT2D eigenvalue weighted by Gasteiger charge is 2.12. The fourth-order valence-electron chi connectivity index (χ4n) is 1.92. The van der Waals surface area contributed by atoms with Gasteiger partial charge in [0.05, 0.1) is 4.90 Å². The number of rotatable bonds is 7. The van der Waals surface area contributed by atoms with E-state index >= 15 is 0 Å². The van der Waals surface area contributed by atoms with Crippen LogP contribution in [0, 0.1) is 0 Å². The largest absolute Gasteiger partial charge is 0.385 e. The second kappa shape index (κ2) is 7.19. The van der Waals surface area contributed by atoms with Crippen LogP contribution in [0.2, 0.25) is 0 Å². The van der Waals surface area contributed by atoms with Crippen LogP contribution in [0.15, 0.2) is 53.7 Å². The van der Waals surface area contributed by atoms with Gasteiger partial charge in [0, 0.05) is 31.2 Å². The van der Waals surface area contributed by atoms with Gasteiger partial charge in [-0.15, -0.1) is 0 Å². The van der Waals surface area contributed by atoms with Crippen LogP contribution < -0.4 is 10.0 Å². The SMILES string of the molecule is CCNc1ccc(S(=O)(=O)NCCc2ccncc2)cc1. The van der Waals surface area contributed by atoms with Crippen LogP contribution in [0.1, 0.15) is 12.5 Å². The van der Waals surface area contributed by atoms with Gasteiger partial charge in [-0.25, -0.2) is 13.1 Å². The maximum atomic E-state index is 12.1. The Morgan fingerprint density at radius 3 is 2.33 bits per heavy atom. The second-order valence-corrected chi connectivity index (χ2v) is 6.32. The topological polar surface area (TPSA) is 71.1 Å². The molecule has 0 fully saturated rings. The first-order valence-corrected chi connectivity index (χ1v) is 8.32. The second-order valence-electron chi connectivity index (χ2n) is 4.56. The first-order valence-electron chi connectivity index (χ1n) is 6.84. The average molecular weight is 305 g/mol. The van der Waals surface area contributed by atoms with Gasteiger partial charge in [0.1, 0.15) is 0 Å². The van der Waals surface area contributed by atoms with E-state index in [4.69, 9.17) is 0 Å². The minimum absolute atomic E-state index is 0.277. The molecule has 0 aliphatic carbocycles. The maximum Gasteiger partial charge on any atom is 0.240 e. The third kappa shape index (κ3) is 4.54. The lowest BCUT2D eigenvalue weighted by atomic mass is 10.2. The van der Waals surface area contributed by atoms with E-state index in [1.54, 1.807) is 36.7 Å². The smallest absolute Gasteiger partial charge is 0.240 e. The van der Waals surface area contributed by atoms with Crippen molar-refractivity contribution in [2.45, 2.75) is 18.2 Å². The zero-order valence-corrected chi connectivity index (χ0v) is 12.7. The first-order chi connectivity index (χ1) is 10.1. The van der Waals surface area contributed by atoms with Crippen LogP contribution in [0.5, 0.6) is 0 Å². The Bertz CT molecular complexity index is 655. The van der Waals surface area contributed by atoms with Crippen molar-refractivity contribution >= 4 is 15.7 Å². The molecule has 0 amide bonds. The van der Waals surface area contributed by atoms with Crippen molar-refractivity contribution < 1.29 is 8.42 Å². The summed E-state index contributed by atoms with van der Waals surface area (Å²) in [6, 6.07) is 10.5. The number of anilines is 1. The number of nitrogens with zero attached hydrogens (tertiary/aromatic N) is 1. The zero-order chi connectivity index (χ0) is 15.1. The molecule has 2 N–H and O–H groups in total. The van der Waals surface area contributed by atoms with Crippen molar-refractivity contribution in [2.75, 3.05) is 18.4 Å². The van der Waals surface area contributed by atoms with Crippen LogP contribution >= 0.6 is 0 Å². The van der Waals surface area contributed by atoms with E-state index in [0.29, 0.717) is 13.0 Å². The number of hydrogen-bond acceptors (Lipinski definition) is 4. The molecule has 6 heteroatoms. The van der Waals surface area contributed by atoms with Gasteiger partial charge >= 0.3 is 0 Å². The molecule has 0 saturated heterocycles. The normalized spacial score (nSPS) is 11.3. The van der Waals surface area contributed by atoms with Crippen molar-refractivity contribution in [3.8, 4) is 0 Å². The van der Waals surface area contributed by atoms with E-state index in [1.807, 2.05) is 19.1 Å². The predicted octanol–water partition coefficient (Wildman–Crippen LogP) is 2.03. The summed E-state index contributed by atoms with van der Waals surface area (Å²) in [4.78, 5) is 4.21. The summed E-state index contributed by atoms with van der Waals surface area (Å²) < 4.78 is 26.9. The highest BCUT2D eigenvalue weighted by molar-refractivity contribution is 7.89. The molecular weight excluding hydrogens is 286 g/mol. The molecule has 1 heterocycles. The summed E-state index contributed by atoms with van der Waals surface area (Å²) in [5.41, 5.74) is 1.96. The van der Waals surface area contributed by atoms with Crippen LogP contribution in [-0.4, -0.2) is 26.5 Å². The standard InChI is InChI=1S/C15H19N3O2S/c1-2-17-14-3-5-15(6-4-14)21(19,20)18-12-9-13-7-10-16-11-8-13/h3-8,10-11,17-18H,2,9,12H2,1H3. The van der Waals surface area contributed by atoms with Gasteiger partial charge in [-0.3, -0.25) is 4.98 Å². The molecule has 0 saturated carbocycles. The lowest BCUT2D eigenvalue weighted by Gasteiger charge is -2.08. The summed E-state index contributed by atoms with van der Waals surface area (Å²) in [7, 11) is -3.46. The lowest BCUT2D eigenvalue weighted by molar-refractivity contribution is 0.581. The Labute approximate surface area is 125 Å². The predicted molar refractivity (Wildman–Crippen MR) is 83.7 cm³/mol. The van der Waals surface area contributed by atoms with E-state index in [0.717, 1.165) is 17.8 Å². The van der Waals surface area contributed by atoms with Crippen LogP contribution in [0.25, 0.3) is 0 Å². The Balaban J connectivity index is 1.95. The molecule has 112 valence electrons. The van der Waals surface area contributed by atoms with E-state index < -0.39 is 10.0 Å². The van der Waals surface area contributed by atoms with Crippen molar-refractivity contribution in [2.24, 2.45) is 0 Å². The molecule has 0 atom stereocenters. The molecule has 21 heavy (non-hydrogen) atoms. The third-order valence-electron chi connectivity index (χ3n) is 3.00. The fourth-order valence-corrected chi connectivity index (χ4v) is 2.95. The van der Waals surface area contributed by atoms with Gasteiger partial charge in [0.25, 0.3) is 0 Å². The highest BCUT2D eigenvalue weighted by Crippen LogP contribution is 2.13. The number of hydrogen-bond donors (Lipinski definition) is 2. The van der Waals surface area contributed by atoms with Crippen LogP contribution in [0.3, 0.4) is 0 Å².